The average molecular weight is 531 g/mol. The van der Waals surface area contributed by atoms with Crippen molar-refractivity contribution in [1.29, 1.82) is 0 Å². The number of benzene rings is 2. The van der Waals surface area contributed by atoms with E-state index in [1.165, 1.54) is 0 Å². The van der Waals surface area contributed by atoms with E-state index in [-0.39, 0.29) is 29.4 Å². The summed E-state index contributed by atoms with van der Waals surface area (Å²) in [6, 6.07) is 20.4. The Balaban J connectivity index is 1.80. The molecule has 0 spiro atoms. The highest BCUT2D eigenvalue weighted by molar-refractivity contribution is 8.00. The number of fused-ring (bicyclic) bond motifs is 1. The van der Waals surface area contributed by atoms with E-state index in [1.807, 2.05) is 48.0 Å². The number of nitrogens with one attached hydrogen (secondary N) is 1. The van der Waals surface area contributed by atoms with Crippen LogP contribution in [0.3, 0.4) is 0 Å². The standard InChI is InChI=1S/C29H30N4O2S2/c1-4-15-30-24(34)17-32-25(35)18-37-28(23-14-9-16-36-23)26-27(21-11-6-5-7-12-21)31-33(29(26)32)22-13-8-10-19(2)20(22)3/h5-14,16,28H,4,15,17-18H2,1-3H3,(H,30,34). The molecule has 0 bridgehead atoms. The first kappa shape index (κ1) is 25.3. The summed E-state index contributed by atoms with van der Waals surface area (Å²) >= 11 is 3.28. The molecule has 0 saturated heterocycles. The monoisotopic (exact) mass is 530 g/mol. The predicted molar refractivity (Wildman–Crippen MR) is 153 cm³/mol. The Morgan fingerprint density at radius 2 is 1.89 bits per heavy atom. The molecule has 5 rings (SSSR count). The number of anilines is 1. The second-order valence-electron chi connectivity index (χ2n) is 9.12. The van der Waals surface area contributed by atoms with Crippen molar-refractivity contribution in [3.05, 3.63) is 87.6 Å². The number of carbonyl (C=O) groups is 2. The van der Waals surface area contributed by atoms with Gasteiger partial charge in [-0.15, -0.1) is 23.1 Å². The minimum absolute atomic E-state index is 0.0473. The van der Waals surface area contributed by atoms with Gasteiger partial charge >= 0.3 is 0 Å². The van der Waals surface area contributed by atoms with E-state index < -0.39 is 0 Å². The van der Waals surface area contributed by atoms with E-state index in [4.69, 9.17) is 5.10 Å². The molecule has 37 heavy (non-hydrogen) atoms. The summed E-state index contributed by atoms with van der Waals surface area (Å²) in [7, 11) is 0. The number of thioether (sulfide) groups is 1. The largest absolute Gasteiger partial charge is 0.355 e. The number of hydrogen-bond donors (Lipinski definition) is 1. The topological polar surface area (TPSA) is 67.2 Å². The van der Waals surface area contributed by atoms with Crippen LogP contribution in [-0.4, -0.2) is 40.4 Å². The molecule has 190 valence electrons. The number of hydrogen-bond acceptors (Lipinski definition) is 5. The Kier molecular flexibility index (Phi) is 7.48. The SMILES string of the molecule is CCCNC(=O)CN1C(=O)CSC(c2cccs2)c2c(-c3ccccc3)nn(-c3cccc(C)c3C)c21. The molecule has 3 heterocycles. The Morgan fingerprint density at radius 3 is 2.62 bits per heavy atom. The molecule has 4 aromatic rings. The molecule has 1 unspecified atom stereocenters. The molecule has 2 amide bonds. The van der Waals surface area contributed by atoms with Gasteiger partial charge in [-0.05, 0) is 48.9 Å². The summed E-state index contributed by atoms with van der Waals surface area (Å²) in [5.41, 5.74) is 5.90. The van der Waals surface area contributed by atoms with Gasteiger partial charge in [-0.3, -0.25) is 14.5 Å². The van der Waals surface area contributed by atoms with E-state index in [9.17, 15) is 9.59 Å². The Bertz CT molecular complexity index is 1410. The maximum atomic E-state index is 13.7. The van der Waals surface area contributed by atoms with Crippen molar-refractivity contribution in [2.45, 2.75) is 32.4 Å². The third-order valence-corrected chi connectivity index (χ3v) is 8.94. The highest BCUT2D eigenvalue weighted by Crippen LogP contribution is 2.49. The van der Waals surface area contributed by atoms with Crippen LogP contribution in [0.5, 0.6) is 0 Å². The zero-order valence-electron chi connectivity index (χ0n) is 21.2. The zero-order valence-corrected chi connectivity index (χ0v) is 22.9. The first-order valence-corrected chi connectivity index (χ1v) is 14.4. The maximum Gasteiger partial charge on any atom is 0.240 e. The van der Waals surface area contributed by atoms with Gasteiger partial charge in [-0.1, -0.05) is 55.5 Å². The van der Waals surface area contributed by atoms with Gasteiger partial charge < -0.3 is 5.32 Å². The van der Waals surface area contributed by atoms with Gasteiger partial charge in [0, 0.05) is 22.5 Å². The van der Waals surface area contributed by atoms with Crippen LogP contribution in [0.15, 0.2) is 66.0 Å². The van der Waals surface area contributed by atoms with Gasteiger partial charge in [0.15, 0.2) is 0 Å². The molecule has 0 fully saturated rings. The van der Waals surface area contributed by atoms with Gasteiger partial charge in [0.25, 0.3) is 0 Å². The molecule has 1 aliphatic rings. The molecular weight excluding hydrogens is 500 g/mol. The molecule has 1 atom stereocenters. The lowest BCUT2D eigenvalue weighted by Crippen LogP contribution is -2.42. The fourth-order valence-corrected chi connectivity index (χ4v) is 6.77. The van der Waals surface area contributed by atoms with E-state index in [2.05, 4.69) is 48.8 Å². The normalized spacial score (nSPS) is 15.4. The second-order valence-corrected chi connectivity index (χ2v) is 11.2. The Morgan fingerprint density at radius 1 is 1.08 bits per heavy atom. The van der Waals surface area contributed by atoms with Crippen LogP contribution in [0, 0.1) is 13.8 Å². The zero-order chi connectivity index (χ0) is 25.9. The Hall–Kier alpha value is -3.36. The molecule has 1 N–H and O–H groups in total. The highest BCUT2D eigenvalue weighted by atomic mass is 32.2. The number of aryl methyl sites for hydroxylation is 1. The molecule has 1 aliphatic heterocycles. The fraction of sp³-hybridized carbons (Fsp3) is 0.276. The molecule has 0 saturated carbocycles. The van der Waals surface area contributed by atoms with Crippen molar-refractivity contribution in [2.24, 2.45) is 0 Å². The number of thiophene rings is 1. The van der Waals surface area contributed by atoms with E-state index in [1.54, 1.807) is 28.0 Å². The lowest BCUT2D eigenvalue weighted by molar-refractivity contribution is -0.122. The van der Waals surface area contributed by atoms with Gasteiger partial charge in [0.2, 0.25) is 11.8 Å². The minimum atomic E-state index is -0.171. The van der Waals surface area contributed by atoms with E-state index in [0.29, 0.717) is 12.4 Å². The maximum absolute atomic E-state index is 13.7. The van der Waals surface area contributed by atoms with Gasteiger partial charge in [0.1, 0.15) is 12.4 Å². The summed E-state index contributed by atoms with van der Waals surface area (Å²) in [4.78, 5) is 29.4. The third-order valence-electron chi connectivity index (χ3n) is 6.62. The quantitative estimate of drug-likeness (QED) is 0.322. The molecular formula is C29H30N4O2S2. The summed E-state index contributed by atoms with van der Waals surface area (Å²) in [5.74, 6) is 0.686. The fourth-order valence-electron chi connectivity index (χ4n) is 4.59. The van der Waals surface area contributed by atoms with Crippen LogP contribution >= 0.6 is 23.1 Å². The lowest BCUT2D eigenvalue weighted by atomic mass is 10.0. The van der Waals surface area contributed by atoms with Gasteiger partial charge in [0.05, 0.1) is 22.4 Å². The first-order chi connectivity index (χ1) is 18.0. The van der Waals surface area contributed by atoms with Crippen molar-refractivity contribution < 1.29 is 9.59 Å². The summed E-state index contributed by atoms with van der Waals surface area (Å²) in [6.45, 7) is 6.69. The van der Waals surface area contributed by atoms with Crippen molar-refractivity contribution in [3.8, 4) is 16.9 Å². The van der Waals surface area contributed by atoms with Gasteiger partial charge in [-0.25, -0.2) is 4.68 Å². The molecule has 2 aromatic carbocycles. The molecule has 2 aromatic heterocycles. The number of aromatic nitrogens is 2. The van der Waals surface area contributed by atoms with Crippen molar-refractivity contribution in [1.82, 2.24) is 15.1 Å². The summed E-state index contributed by atoms with van der Waals surface area (Å²) in [5, 5.41) is 10.1. The van der Waals surface area contributed by atoms with Crippen LogP contribution in [0.1, 0.15) is 40.2 Å². The lowest BCUT2D eigenvalue weighted by Gasteiger charge is -2.23. The predicted octanol–water partition coefficient (Wildman–Crippen LogP) is 5.91. The molecule has 6 nitrogen and oxygen atoms in total. The Labute approximate surface area is 225 Å². The molecule has 0 aliphatic carbocycles. The van der Waals surface area contributed by atoms with Crippen LogP contribution < -0.4 is 10.2 Å². The highest BCUT2D eigenvalue weighted by Gasteiger charge is 2.38. The summed E-state index contributed by atoms with van der Waals surface area (Å²) < 4.78 is 1.89. The number of carbonyl (C=O) groups excluding carboxylic acids is 2. The van der Waals surface area contributed by atoms with E-state index in [0.717, 1.165) is 44.9 Å². The molecule has 0 radical (unpaired) electrons. The number of nitrogens with zero attached hydrogens (tertiary/aromatic N) is 3. The minimum Gasteiger partial charge on any atom is -0.355 e. The van der Waals surface area contributed by atoms with Crippen LogP contribution in [0.25, 0.3) is 16.9 Å². The van der Waals surface area contributed by atoms with Crippen molar-refractivity contribution in [2.75, 3.05) is 23.7 Å². The average Bonchev–Trinajstić information content (AvgIpc) is 3.55. The first-order valence-electron chi connectivity index (χ1n) is 12.5. The van der Waals surface area contributed by atoms with Crippen LogP contribution in [0.4, 0.5) is 5.82 Å². The van der Waals surface area contributed by atoms with E-state index >= 15 is 0 Å². The van der Waals surface area contributed by atoms with Crippen LogP contribution in [0.2, 0.25) is 0 Å². The van der Waals surface area contributed by atoms with Crippen molar-refractivity contribution >= 4 is 40.7 Å². The van der Waals surface area contributed by atoms with Crippen LogP contribution in [-0.2, 0) is 9.59 Å². The van der Waals surface area contributed by atoms with Crippen molar-refractivity contribution in [3.63, 3.8) is 0 Å². The number of rotatable bonds is 7. The number of amides is 2. The third kappa shape index (κ3) is 4.95. The summed E-state index contributed by atoms with van der Waals surface area (Å²) in [6.07, 6.45) is 0.833. The second kappa shape index (κ2) is 10.9. The molecule has 8 heteroatoms. The smallest absolute Gasteiger partial charge is 0.240 e. The van der Waals surface area contributed by atoms with Gasteiger partial charge in [-0.2, -0.15) is 5.10 Å².